The Balaban J connectivity index is 4.04. The van der Waals surface area contributed by atoms with Gasteiger partial charge in [0.25, 0.3) is 0 Å². The van der Waals surface area contributed by atoms with Crippen LogP contribution in [0, 0.1) is 0 Å². The molecule has 0 saturated carbocycles. The van der Waals surface area contributed by atoms with E-state index in [1.165, 1.54) is 6.92 Å². The highest BCUT2D eigenvalue weighted by atomic mass is 19.4. The number of alkyl halides is 3. The molecule has 0 rings (SSSR count). The molecule has 0 bridgehead atoms. The van der Waals surface area contributed by atoms with Crippen LogP contribution in [0.4, 0.5) is 13.2 Å². The van der Waals surface area contributed by atoms with E-state index in [0.29, 0.717) is 0 Å². The first-order valence-electron chi connectivity index (χ1n) is 3.19. The lowest BCUT2D eigenvalue weighted by molar-refractivity contribution is -0.174. The maximum atomic E-state index is 11.5. The summed E-state index contributed by atoms with van der Waals surface area (Å²) in [5.41, 5.74) is -0.129. The molecule has 0 unspecified atom stereocenters. The average molecular weight is 196 g/mol. The molecule has 0 aromatic heterocycles. The van der Waals surface area contributed by atoms with Crippen LogP contribution >= 0.6 is 0 Å². The molecule has 0 atom stereocenters. The number of esters is 2. The molecule has 0 aliphatic rings. The van der Waals surface area contributed by atoms with Gasteiger partial charge in [-0.05, 0) is 6.92 Å². The van der Waals surface area contributed by atoms with Crippen LogP contribution in [0.15, 0.2) is 12.2 Å². The lowest BCUT2D eigenvalue weighted by Gasteiger charge is -2.04. The molecule has 0 aromatic rings. The number of hydrogen-bond acceptors (Lipinski definition) is 3. The zero-order chi connectivity index (χ0) is 10.6. The number of carbonyl (C=O) groups excluding carboxylic acids is 2. The van der Waals surface area contributed by atoms with E-state index >= 15 is 0 Å². The van der Waals surface area contributed by atoms with Gasteiger partial charge in [0.15, 0.2) is 0 Å². The van der Waals surface area contributed by atoms with Crippen LogP contribution in [0.3, 0.4) is 0 Å². The summed E-state index contributed by atoms with van der Waals surface area (Å²) in [5.74, 6) is -2.77. The first-order valence-corrected chi connectivity index (χ1v) is 3.19. The Bertz CT molecular complexity index is 242. The molecule has 0 spiro atoms. The van der Waals surface area contributed by atoms with Gasteiger partial charge in [-0.2, -0.15) is 13.2 Å². The van der Waals surface area contributed by atoms with E-state index in [0.717, 1.165) is 0 Å². The first kappa shape index (κ1) is 11.7. The Kier molecular flexibility index (Phi) is 3.65. The Morgan fingerprint density at radius 3 is 2.15 bits per heavy atom. The third-order valence-corrected chi connectivity index (χ3v) is 0.900. The molecule has 0 aromatic carbocycles. The Labute approximate surface area is 72.2 Å². The zero-order valence-corrected chi connectivity index (χ0v) is 6.77. The minimum atomic E-state index is -4.66. The molecule has 0 aliphatic heterocycles. The average Bonchev–Trinajstić information content (AvgIpc) is 1.81. The summed E-state index contributed by atoms with van der Waals surface area (Å²) in [6.07, 6.45) is -6.43. The summed E-state index contributed by atoms with van der Waals surface area (Å²) in [5, 5.41) is 0. The Morgan fingerprint density at radius 1 is 1.38 bits per heavy atom. The summed E-state index contributed by atoms with van der Waals surface area (Å²) in [6, 6.07) is 0. The molecule has 0 amide bonds. The summed E-state index contributed by atoms with van der Waals surface area (Å²) < 4.78 is 38.4. The molecular formula is C7H7F3O3. The van der Waals surface area contributed by atoms with Gasteiger partial charge in [-0.3, -0.25) is 4.79 Å². The molecule has 0 saturated heterocycles. The first-order chi connectivity index (χ1) is 5.72. The van der Waals surface area contributed by atoms with Crippen molar-refractivity contribution in [1.29, 1.82) is 0 Å². The fourth-order valence-corrected chi connectivity index (χ4v) is 0.390. The Hall–Kier alpha value is -1.33. The monoisotopic (exact) mass is 196 g/mol. The lowest BCUT2D eigenvalue weighted by Crippen LogP contribution is -2.20. The summed E-state index contributed by atoms with van der Waals surface area (Å²) in [4.78, 5) is 20.9. The van der Waals surface area contributed by atoms with Gasteiger partial charge in [-0.25, -0.2) is 4.79 Å². The van der Waals surface area contributed by atoms with Crippen molar-refractivity contribution in [2.24, 2.45) is 0 Å². The van der Waals surface area contributed by atoms with Gasteiger partial charge in [0, 0.05) is 5.57 Å². The molecule has 0 aliphatic carbocycles. The second kappa shape index (κ2) is 4.06. The summed E-state index contributed by atoms with van der Waals surface area (Å²) >= 11 is 0. The van der Waals surface area contributed by atoms with Crippen molar-refractivity contribution < 1.29 is 27.5 Å². The van der Waals surface area contributed by atoms with Gasteiger partial charge >= 0.3 is 18.1 Å². The van der Waals surface area contributed by atoms with E-state index < -0.39 is 24.5 Å². The van der Waals surface area contributed by atoms with Crippen LogP contribution in [0.25, 0.3) is 0 Å². The third-order valence-electron chi connectivity index (χ3n) is 0.900. The van der Waals surface area contributed by atoms with Crippen LogP contribution in [-0.2, 0) is 14.3 Å². The van der Waals surface area contributed by atoms with Gasteiger partial charge in [0.05, 0.1) is 0 Å². The lowest BCUT2D eigenvalue weighted by atomic mass is 10.3. The Morgan fingerprint density at radius 2 is 1.85 bits per heavy atom. The van der Waals surface area contributed by atoms with Crippen molar-refractivity contribution in [3.8, 4) is 0 Å². The van der Waals surface area contributed by atoms with Crippen molar-refractivity contribution in [3.63, 3.8) is 0 Å². The minimum Gasteiger partial charge on any atom is -0.389 e. The van der Waals surface area contributed by atoms with Crippen LogP contribution < -0.4 is 0 Å². The zero-order valence-electron chi connectivity index (χ0n) is 6.77. The molecule has 0 heterocycles. The molecule has 0 N–H and O–H groups in total. The van der Waals surface area contributed by atoms with Crippen LogP contribution in [0.2, 0.25) is 0 Å². The van der Waals surface area contributed by atoms with Crippen molar-refractivity contribution in [2.45, 2.75) is 19.5 Å². The quantitative estimate of drug-likeness (QED) is 0.382. The molecule has 6 heteroatoms. The number of hydrogen-bond donors (Lipinski definition) is 0. The van der Waals surface area contributed by atoms with Crippen molar-refractivity contribution in [3.05, 3.63) is 12.2 Å². The second-order valence-corrected chi connectivity index (χ2v) is 2.33. The highest BCUT2D eigenvalue weighted by molar-refractivity contribution is 5.95. The normalized spacial score (nSPS) is 10.8. The van der Waals surface area contributed by atoms with E-state index in [4.69, 9.17) is 0 Å². The molecule has 74 valence electrons. The fourth-order valence-electron chi connectivity index (χ4n) is 0.390. The number of ether oxygens (including phenoxy) is 1. The van der Waals surface area contributed by atoms with Crippen molar-refractivity contribution in [2.75, 3.05) is 0 Å². The van der Waals surface area contributed by atoms with E-state index in [9.17, 15) is 22.8 Å². The van der Waals surface area contributed by atoms with Crippen molar-refractivity contribution in [1.82, 2.24) is 0 Å². The molecule has 0 fully saturated rings. The van der Waals surface area contributed by atoms with Crippen LogP contribution in [0.1, 0.15) is 13.3 Å². The largest absolute Gasteiger partial charge is 0.399 e. The predicted molar refractivity (Wildman–Crippen MR) is 36.6 cm³/mol. The molecule has 13 heavy (non-hydrogen) atoms. The standard InChI is InChI=1S/C7H7F3O3/c1-4(2)6(12)13-5(11)3-7(8,9)10/h1,3H2,2H3. The number of carbonyl (C=O) groups is 2. The summed E-state index contributed by atoms with van der Waals surface area (Å²) in [6.45, 7) is 4.32. The van der Waals surface area contributed by atoms with Gasteiger partial charge in [-0.1, -0.05) is 6.58 Å². The SMILES string of the molecule is C=C(C)C(=O)OC(=O)CC(F)(F)F. The molecule has 0 radical (unpaired) electrons. The number of rotatable bonds is 2. The van der Waals surface area contributed by atoms with Crippen molar-refractivity contribution >= 4 is 11.9 Å². The van der Waals surface area contributed by atoms with E-state index in [1.807, 2.05) is 0 Å². The highest BCUT2D eigenvalue weighted by Crippen LogP contribution is 2.19. The predicted octanol–water partition coefficient (Wildman–Crippen LogP) is 1.58. The smallest absolute Gasteiger partial charge is 0.389 e. The fraction of sp³-hybridized carbons (Fsp3) is 0.429. The van der Waals surface area contributed by atoms with Crippen LogP contribution in [-0.4, -0.2) is 18.1 Å². The molecular weight excluding hydrogens is 189 g/mol. The molecule has 3 nitrogen and oxygen atoms in total. The maximum absolute atomic E-state index is 11.5. The van der Waals surface area contributed by atoms with Gasteiger partial charge in [0.1, 0.15) is 6.42 Å². The van der Waals surface area contributed by atoms with Crippen LogP contribution in [0.5, 0.6) is 0 Å². The number of halogens is 3. The maximum Gasteiger partial charge on any atom is 0.399 e. The topological polar surface area (TPSA) is 43.4 Å². The van der Waals surface area contributed by atoms with Gasteiger partial charge in [-0.15, -0.1) is 0 Å². The minimum absolute atomic E-state index is 0.129. The van der Waals surface area contributed by atoms with E-state index in [-0.39, 0.29) is 5.57 Å². The van der Waals surface area contributed by atoms with Gasteiger partial charge in [0.2, 0.25) is 0 Å². The van der Waals surface area contributed by atoms with Gasteiger partial charge < -0.3 is 4.74 Å². The summed E-state index contributed by atoms with van der Waals surface area (Å²) in [7, 11) is 0. The van der Waals surface area contributed by atoms with E-state index in [1.54, 1.807) is 0 Å². The van der Waals surface area contributed by atoms with E-state index in [2.05, 4.69) is 11.3 Å². The highest BCUT2D eigenvalue weighted by Gasteiger charge is 2.33. The second-order valence-electron chi connectivity index (χ2n) is 2.33. The third kappa shape index (κ3) is 5.89.